The Morgan fingerprint density at radius 1 is 0.684 bits per heavy atom. The van der Waals surface area contributed by atoms with Crippen LogP contribution in [0.25, 0.3) is 0 Å². The largest absolute Gasteiger partial charge is 0.396 e. The lowest BCUT2D eigenvalue weighted by Gasteiger charge is -2.64. The van der Waals surface area contributed by atoms with Gasteiger partial charge in [0.25, 0.3) is 0 Å². The van der Waals surface area contributed by atoms with E-state index in [1.807, 2.05) is 0 Å². The Balaban J connectivity index is 0.969. The number of hydrogen-bond donors (Lipinski definition) is 10. The zero-order chi connectivity index (χ0) is 41.5. The minimum Gasteiger partial charge on any atom is -0.396 e. The SMILES string of the molecule is CC(C)(O)C1CCC(C)(C2[C@@H](O)C[C@@]3(C)C4CCC5C(C)(C)[C@@H](O[C@@H]6O[C@H](CO[C@@H]7O[C@H](CO)[C@@H](O)[C@H](O)[C@H]7O)[C@@H](O)[C@H](O)[C@H]6O)CC[C@@]56C[C@@]46CC[C@]23CO)O1. The summed E-state index contributed by atoms with van der Waals surface area (Å²) in [4.78, 5) is 0. The van der Waals surface area contributed by atoms with Crippen molar-refractivity contribution in [2.75, 3.05) is 19.8 Å². The van der Waals surface area contributed by atoms with Crippen molar-refractivity contribution in [1.82, 2.24) is 0 Å². The maximum atomic E-state index is 12.0. The van der Waals surface area contributed by atoms with Gasteiger partial charge in [0.05, 0.1) is 42.7 Å². The molecule has 8 rings (SSSR count). The van der Waals surface area contributed by atoms with Crippen LogP contribution in [0.2, 0.25) is 0 Å². The highest BCUT2D eigenvalue weighted by Crippen LogP contribution is 2.89. The third kappa shape index (κ3) is 6.06. The molecule has 0 aromatic heterocycles. The summed E-state index contributed by atoms with van der Waals surface area (Å²) in [6.45, 7) is 11.3. The molecule has 0 bridgehead atoms. The van der Waals surface area contributed by atoms with Crippen molar-refractivity contribution >= 4 is 0 Å². The van der Waals surface area contributed by atoms with Crippen LogP contribution < -0.4 is 0 Å². The minimum absolute atomic E-state index is 0.0133. The molecule has 0 aromatic rings. The van der Waals surface area contributed by atoms with Gasteiger partial charge in [0.1, 0.15) is 48.8 Å². The first-order valence-corrected chi connectivity index (χ1v) is 21.5. The van der Waals surface area contributed by atoms with Crippen LogP contribution in [-0.4, -0.2) is 162 Å². The highest BCUT2D eigenvalue weighted by atomic mass is 16.7. The van der Waals surface area contributed by atoms with Gasteiger partial charge in [0.15, 0.2) is 12.6 Å². The lowest BCUT2D eigenvalue weighted by atomic mass is 9.41. The van der Waals surface area contributed by atoms with Crippen molar-refractivity contribution in [2.24, 2.45) is 44.8 Å². The number of aliphatic hydroxyl groups excluding tert-OH is 9. The Bertz CT molecular complexity index is 1490. The lowest BCUT2D eigenvalue weighted by Crippen LogP contribution is -2.63. The molecule has 3 aliphatic heterocycles. The lowest BCUT2D eigenvalue weighted by molar-refractivity contribution is -0.343. The molecule has 3 saturated heterocycles. The second-order valence-electron chi connectivity index (χ2n) is 21.3. The number of hydrogen-bond acceptors (Lipinski definition) is 15. The van der Waals surface area contributed by atoms with E-state index in [1.54, 1.807) is 13.8 Å². The fourth-order valence-electron chi connectivity index (χ4n) is 15.1. The van der Waals surface area contributed by atoms with Gasteiger partial charge in [-0.15, -0.1) is 0 Å². The molecule has 5 aliphatic carbocycles. The number of ether oxygens (including phenoxy) is 5. The summed E-state index contributed by atoms with van der Waals surface area (Å²) in [5.41, 5.74) is -2.71. The summed E-state index contributed by atoms with van der Waals surface area (Å²) in [5, 5.41) is 107. The standard InChI is InChI=1S/C42H70O15/c1-36(2)23-7-8-24-38(5)15-20(45)33(39(6)11-9-26(57-39)37(3,4)52)42(38,19-44)14-13-41(24)18-40(23,41)12-10-25(36)56-35-32(51)30(49)28(47)22(55-35)17-53-34-31(50)29(48)27(46)21(16-43)54-34/h20-35,43-52H,7-19H2,1-6H3/t20-,21+,22+,23?,24?,25-,26?,27+,28+,29-,30-,31+,32+,33?,34+,35-,38-,39?,40+,41-,42-/m0/s1. The molecule has 5 saturated carbocycles. The van der Waals surface area contributed by atoms with Gasteiger partial charge in [0.2, 0.25) is 0 Å². The van der Waals surface area contributed by atoms with Crippen LogP contribution in [0.1, 0.15) is 106 Å². The average molecular weight is 815 g/mol. The maximum absolute atomic E-state index is 12.0. The average Bonchev–Trinajstić information content (AvgIpc) is 3.51. The molecular formula is C42H70O15. The molecule has 2 spiro atoms. The zero-order valence-electron chi connectivity index (χ0n) is 34.4. The van der Waals surface area contributed by atoms with E-state index in [2.05, 4.69) is 27.7 Å². The summed E-state index contributed by atoms with van der Waals surface area (Å²) in [6.07, 6.45) is -7.77. The fraction of sp³-hybridized carbons (Fsp3) is 1.00. The zero-order valence-corrected chi connectivity index (χ0v) is 34.4. The molecule has 8 fully saturated rings. The van der Waals surface area contributed by atoms with Crippen molar-refractivity contribution in [3.8, 4) is 0 Å². The molecule has 0 amide bonds. The molecule has 15 heteroatoms. The Morgan fingerprint density at radius 2 is 1.30 bits per heavy atom. The molecule has 57 heavy (non-hydrogen) atoms. The van der Waals surface area contributed by atoms with Gasteiger partial charge in [-0.1, -0.05) is 20.8 Å². The quantitative estimate of drug-likeness (QED) is 0.139. The summed E-state index contributed by atoms with van der Waals surface area (Å²) in [7, 11) is 0. The first kappa shape index (κ1) is 43.1. The maximum Gasteiger partial charge on any atom is 0.186 e. The monoisotopic (exact) mass is 814 g/mol. The van der Waals surface area contributed by atoms with Crippen molar-refractivity contribution < 1.29 is 74.7 Å². The van der Waals surface area contributed by atoms with E-state index >= 15 is 0 Å². The van der Waals surface area contributed by atoms with Gasteiger partial charge < -0.3 is 74.7 Å². The van der Waals surface area contributed by atoms with Crippen LogP contribution in [0.15, 0.2) is 0 Å². The van der Waals surface area contributed by atoms with Crippen LogP contribution in [0, 0.1) is 44.8 Å². The van der Waals surface area contributed by atoms with Gasteiger partial charge in [0, 0.05) is 17.9 Å². The molecule has 21 atom stereocenters. The van der Waals surface area contributed by atoms with E-state index in [0.29, 0.717) is 25.2 Å². The summed E-state index contributed by atoms with van der Waals surface area (Å²) in [5.74, 6) is 0.354. The van der Waals surface area contributed by atoms with Crippen LogP contribution >= 0.6 is 0 Å². The van der Waals surface area contributed by atoms with Crippen molar-refractivity contribution in [3.05, 3.63) is 0 Å². The first-order valence-electron chi connectivity index (χ1n) is 21.5. The molecule has 3 heterocycles. The Hall–Kier alpha value is -0.600. The van der Waals surface area contributed by atoms with Crippen LogP contribution in [0.4, 0.5) is 0 Å². The molecule has 0 aromatic carbocycles. The van der Waals surface area contributed by atoms with Crippen molar-refractivity contribution in [1.29, 1.82) is 0 Å². The molecular weight excluding hydrogens is 744 g/mol. The highest BCUT2D eigenvalue weighted by molar-refractivity contribution is 5.32. The third-order valence-electron chi connectivity index (χ3n) is 18.0. The van der Waals surface area contributed by atoms with Gasteiger partial charge in [-0.05, 0) is 118 Å². The van der Waals surface area contributed by atoms with Gasteiger partial charge in [-0.25, -0.2) is 0 Å². The number of fused-ring (bicyclic) bond motifs is 2. The van der Waals surface area contributed by atoms with Crippen LogP contribution in [0.5, 0.6) is 0 Å². The fourth-order valence-corrected chi connectivity index (χ4v) is 15.1. The third-order valence-corrected chi connectivity index (χ3v) is 18.0. The molecule has 0 radical (unpaired) electrons. The van der Waals surface area contributed by atoms with Gasteiger partial charge >= 0.3 is 0 Å². The smallest absolute Gasteiger partial charge is 0.186 e. The first-order chi connectivity index (χ1) is 26.6. The Kier molecular flexibility index (Phi) is 10.7. The van der Waals surface area contributed by atoms with E-state index in [4.69, 9.17) is 23.7 Å². The van der Waals surface area contributed by atoms with Crippen molar-refractivity contribution in [2.45, 2.75) is 197 Å². The predicted molar refractivity (Wildman–Crippen MR) is 200 cm³/mol. The molecule has 5 unspecified atom stereocenters. The van der Waals surface area contributed by atoms with Crippen molar-refractivity contribution in [3.63, 3.8) is 0 Å². The van der Waals surface area contributed by atoms with Gasteiger partial charge in [-0.3, -0.25) is 0 Å². The minimum atomic E-state index is -1.66. The Morgan fingerprint density at radius 3 is 1.93 bits per heavy atom. The number of rotatable bonds is 9. The van der Waals surface area contributed by atoms with Crippen LogP contribution in [-0.2, 0) is 23.7 Å². The molecule has 10 N–H and O–H groups in total. The molecule has 15 nitrogen and oxygen atoms in total. The summed E-state index contributed by atoms with van der Waals surface area (Å²) >= 11 is 0. The van der Waals surface area contributed by atoms with E-state index in [9.17, 15) is 51.1 Å². The summed E-state index contributed by atoms with van der Waals surface area (Å²) < 4.78 is 30.4. The second-order valence-corrected chi connectivity index (χ2v) is 21.3. The van der Waals surface area contributed by atoms with Crippen LogP contribution in [0.3, 0.4) is 0 Å². The van der Waals surface area contributed by atoms with E-state index in [1.165, 1.54) is 0 Å². The van der Waals surface area contributed by atoms with Gasteiger partial charge in [-0.2, -0.15) is 0 Å². The second kappa shape index (κ2) is 14.2. The normalized spacial score (nSPS) is 57.1. The molecule has 328 valence electrons. The number of aliphatic hydroxyl groups is 10. The highest BCUT2D eigenvalue weighted by Gasteiger charge is 2.84. The Labute approximate surface area is 335 Å². The van der Waals surface area contributed by atoms with E-state index in [-0.39, 0.29) is 52.3 Å². The van der Waals surface area contributed by atoms with E-state index < -0.39 is 97.3 Å². The predicted octanol–water partition coefficient (Wildman–Crippen LogP) is 0.0866. The topological polar surface area (TPSA) is 248 Å². The molecule has 8 aliphatic rings. The summed E-state index contributed by atoms with van der Waals surface area (Å²) in [6, 6.07) is 0. The van der Waals surface area contributed by atoms with E-state index in [0.717, 1.165) is 44.9 Å².